The number of ether oxygens (including phenoxy) is 1. The molecule has 148 valence electrons. The molecule has 0 radical (unpaired) electrons. The minimum absolute atomic E-state index is 0.0880. The van der Waals surface area contributed by atoms with Crippen molar-refractivity contribution in [2.75, 3.05) is 37.7 Å². The fourth-order valence-electron chi connectivity index (χ4n) is 3.84. The Kier molecular flexibility index (Phi) is 4.60. The Labute approximate surface area is 172 Å². The first-order valence-corrected chi connectivity index (χ1v) is 10.7. The number of nitrogens with one attached hydrogen (secondary N) is 1. The number of carbonyl (C=O) groups excluding carboxylic acids is 1. The normalized spacial score (nSPS) is 14.7. The van der Waals surface area contributed by atoms with E-state index >= 15 is 0 Å². The molecule has 7 heteroatoms. The number of rotatable bonds is 4. The van der Waals surface area contributed by atoms with Gasteiger partial charge in [0.25, 0.3) is 5.91 Å². The summed E-state index contributed by atoms with van der Waals surface area (Å²) in [6.07, 6.45) is 1.82. The number of hydrogen-bond acceptors (Lipinski definition) is 5. The van der Waals surface area contributed by atoms with Crippen LogP contribution in [0.1, 0.15) is 17.3 Å². The number of aromatic nitrogens is 2. The van der Waals surface area contributed by atoms with E-state index in [9.17, 15) is 4.79 Å². The molecule has 0 bridgehead atoms. The molecule has 0 atom stereocenters. The van der Waals surface area contributed by atoms with E-state index in [0.717, 1.165) is 50.7 Å². The van der Waals surface area contributed by atoms with Gasteiger partial charge in [-0.3, -0.25) is 4.79 Å². The largest absolute Gasteiger partial charge is 0.492 e. The van der Waals surface area contributed by atoms with E-state index in [4.69, 9.17) is 9.72 Å². The van der Waals surface area contributed by atoms with Crippen LogP contribution in [0.25, 0.3) is 21.1 Å². The van der Waals surface area contributed by atoms with Crippen LogP contribution in [0.2, 0.25) is 0 Å². The number of benzene rings is 2. The van der Waals surface area contributed by atoms with Gasteiger partial charge in [-0.1, -0.05) is 35.6 Å². The van der Waals surface area contributed by atoms with Gasteiger partial charge in [0.2, 0.25) is 0 Å². The molecule has 1 aliphatic heterocycles. The lowest BCUT2D eigenvalue weighted by molar-refractivity contribution is 0.0749. The molecule has 2 aromatic heterocycles. The van der Waals surface area contributed by atoms with E-state index in [1.807, 2.05) is 54.4 Å². The van der Waals surface area contributed by atoms with E-state index in [2.05, 4.69) is 16.0 Å². The maximum absolute atomic E-state index is 13.0. The zero-order valence-corrected chi connectivity index (χ0v) is 17.0. The van der Waals surface area contributed by atoms with Gasteiger partial charge in [0.15, 0.2) is 5.13 Å². The molecule has 6 nitrogen and oxygen atoms in total. The average Bonchev–Trinajstić information content (AvgIpc) is 3.39. The first-order valence-electron chi connectivity index (χ1n) is 9.87. The van der Waals surface area contributed by atoms with Gasteiger partial charge in [-0.05, 0) is 25.1 Å². The summed E-state index contributed by atoms with van der Waals surface area (Å²) in [4.78, 5) is 25.3. The molecule has 3 heterocycles. The summed E-state index contributed by atoms with van der Waals surface area (Å²) in [5.41, 5.74) is 2.66. The SMILES string of the molecule is CCOc1cccc2sc(N3CCN(C(=O)c4c[nH]c5ccccc45)CC3)nc12. The number of aromatic amines is 1. The lowest BCUT2D eigenvalue weighted by atomic mass is 10.1. The second-order valence-corrected chi connectivity index (χ2v) is 8.07. The van der Waals surface area contributed by atoms with Gasteiger partial charge < -0.3 is 19.5 Å². The number of carbonyl (C=O) groups is 1. The van der Waals surface area contributed by atoms with E-state index in [0.29, 0.717) is 19.7 Å². The first kappa shape index (κ1) is 18.0. The lowest BCUT2D eigenvalue weighted by Crippen LogP contribution is -2.48. The molecule has 29 heavy (non-hydrogen) atoms. The number of H-pyrrole nitrogens is 1. The molecular formula is C22H22N4O2S. The van der Waals surface area contributed by atoms with E-state index in [1.54, 1.807) is 11.3 Å². The highest BCUT2D eigenvalue weighted by molar-refractivity contribution is 7.22. The third kappa shape index (κ3) is 3.21. The summed E-state index contributed by atoms with van der Waals surface area (Å²) >= 11 is 1.68. The van der Waals surface area contributed by atoms with Crippen LogP contribution in [0, 0.1) is 0 Å². The van der Waals surface area contributed by atoms with Crippen LogP contribution in [0.3, 0.4) is 0 Å². The number of para-hydroxylation sites is 2. The molecule has 0 aliphatic carbocycles. The maximum Gasteiger partial charge on any atom is 0.256 e. The Morgan fingerprint density at radius 3 is 2.79 bits per heavy atom. The third-order valence-electron chi connectivity index (χ3n) is 5.33. The molecule has 1 saturated heterocycles. The number of thiazole rings is 1. The number of nitrogens with zero attached hydrogens (tertiary/aromatic N) is 3. The Hall–Kier alpha value is -3.06. The first-order chi connectivity index (χ1) is 14.2. The highest BCUT2D eigenvalue weighted by atomic mass is 32.1. The number of fused-ring (bicyclic) bond motifs is 2. The van der Waals surface area contributed by atoms with Crippen molar-refractivity contribution in [1.29, 1.82) is 0 Å². The second-order valence-electron chi connectivity index (χ2n) is 7.06. The zero-order chi connectivity index (χ0) is 19.8. The number of piperazine rings is 1. The Morgan fingerprint density at radius 2 is 1.97 bits per heavy atom. The monoisotopic (exact) mass is 406 g/mol. The van der Waals surface area contributed by atoms with Crippen molar-refractivity contribution < 1.29 is 9.53 Å². The van der Waals surface area contributed by atoms with Crippen molar-refractivity contribution in [3.05, 3.63) is 54.2 Å². The molecule has 1 aliphatic rings. The summed E-state index contributed by atoms with van der Waals surface area (Å²) < 4.78 is 6.84. The molecule has 0 spiro atoms. The number of hydrogen-bond donors (Lipinski definition) is 1. The predicted molar refractivity (Wildman–Crippen MR) is 117 cm³/mol. The van der Waals surface area contributed by atoms with Gasteiger partial charge in [0.1, 0.15) is 11.3 Å². The van der Waals surface area contributed by atoms with Crippen molar-refractivity contribution >= 4 is 43.5 Å². The van der Waals surface area contributed by atoms with Gasteiger partial charge >= 0.3 is 0 Å². The molecule has 0 unspecified atom stereocenters. The summed E-state index contributed by atoms with van der Waals surface area (Å²) in [7, 11) is 0. The minimum atomic E-state index is 0.0880. The van der Waals surface area contributed by atoms with Crippen molar-refractivity contribution in [1.82, 2.24) is 14.9 Å². The maximum atomic E-state index is 13.0. The van der Waals surface area contributed by atoms with Crippen molar-refractivity contribution in [2.45, 2.75) is 6.92 Å². The number of amides is 1. The van der Waals surface area contributed by atoms with Gasteiger partial charge in [0, 0.05) is 43.3 Å². The Bertz CT molecular complexity index is 1170. The van der Waals surface area contributed by atoms with Crippen LogP contribution >= 0.6 is 11.3 Å². The molecule has 5 rings (SSSR count). The van der Waals surface area contributed by atoms with Gasteiger partial charge in [-0.25, -0.2) is 4.98 Å². The molecule has 0 saturated carbocycles. The molecule has 1 N–H and O–H groups in total. The van der Waals surface area contributed by atoms with Crippen LogP contribution in [0.15, 0.2) is 48.7 Å². The molecule has 4 aromatic rings. The summed E-state index contributed by atoms with van der Waals surface area (Å²) in [6.45, 7) is 5.53. The standard InChI is InChI=1S/C22H22N4O2S/c1-2-28-18-8-5-9-19-20(18)24-22(29-19)26-12-10-25(11-13-26)21(27)16-14-23-17-7-4-3-6-15(16)17/h3-9,14,23H,2,10-13H2,1H3. The number of anilines is 1. The fourth-order valence-corrected chi connectivity index (χ4v) is 4.87. The van der Waals surface area contributed by atoms with Gasteiger partial charge in [-0.2, -0.15) is 0 Å². The Morgan fingerprint density at radius 1 is 1.14 bits per heavy atom. The summed E-state index contributed by atoms with van der Waals surface area (Å²) in [6, 6.07) is 14.0. The van der Waals surface area contributed by atoms with E-state index < -0.39 is 0 Å². The van der Waals surface area contributed by atoms with E-state index in [-0.39, 0.29) is 5.91 Å². The van der Waals surface area contributed by atoms with Gasteiger partial charge in [-0.15, -0.1) is 0 Å². The van der Waals surface area contributed by atoms with Crippen LogP contribution in [-0.2, 0) is 0 Å². The second kappa shape index (κ2) is 7.40. The molecule has 2 aromatic carbocycles. The van der Waals surface area contributed by atoms with E-state index in [1.165, 1.54) is 0 Å². The fraction of sp³-hybridized carbons (Fsp3) is 0.273. The smallest absolute Gasteiger partial charge is 0.256 e. The lowest BCUT2D eigenvalue weighted by Gasteiger charge is -2.34. The van der Waals surface area contributed by atoms with Crippen LogP contribution in [0.4, 0.5) is 5.13 Å². The molecule has 1 amide bonds. The topological polar surface area (TPSA) is 61.5 Å². The third-order valence-corrected chi connectivity index (χ3v) is 6.41. The predicted octanol–water partition coefficient (Wildman–Crippen LogP) is 4.14. The Balaban J connectivity index is 1.32. The van der Waals surface area contributed by atoms with Gasteiger partial charge in [0.05, 0.1) is 16.9 Å². The summed E-state index contributed by atoms with van der Waals surface area (Å²) in [5.74, 6) is 0.922. The van der Waals surface area contributed by atoms with Crippen LogP contribution < -0.4 is 9.64 Å². The highest BCUT2D eigenvalue weighted by Crippen LogP contribution is 2.34. The quantitative estimate of drug-likeness (QED) is 0.553. The molecular weight excluding hydrogens is 384 g/mol. The van der Waals surface area contributed by atoms with Crippen molar-refractivity contribution in [3.63, 3.8) is 0 Å². The minimum Gasteiger partial charge on any atom is -0.492 e. The average molecular weight is 407 g/mol. The summed E-state index contributed by atoms with van der Waals surface area (Å²) in [5, 5.41) is 1.97. The zero-order valence-electron chi connectivity index (χ0n) is 16.2. The van der Waals surface area contributed by atoms with Crippen molar-refractivity contribution in [3.8, 4) is 5.75 Å². The van der Waals surface area contributed by atoms with Crippen molar-refractivity contribution in [2.24, 2.45) is 0 Å². The van der Waals surface area contributed by atoms with Crippen LogP contribution in [0.5, 0.6) is 5.75 Å². The highest BCUT2D eigenvalue weighted by Gasteiger charge is 2.25. The molecule has 1 fully saturated rings. The van der Waals surface area contributed by atoms with Crippen LogP contribution in [-0.4, -0.2) is 53.6 Å².